The third kappa shape index (κ3) is 7.59. The average Bonchev–Trinajstić information content (AvgIpc) is 3.62. The first kappa shape index (κ1) is 35.4. The van der Waals surface area contributed by atoms with E-state index in [1.54, 1.807) is 0 Å². The van der Waals surface area contributed by atoms with Crippen LogP contribution >= 0.6 is 23.1 Å². The molecule has 1 nitrogen and oxygen atoms in total. The Morgan fingerprint density at radius 2 is 0.887 bits per heavy atom. The standard InChI is InChI=1S/C49H45NP3/c1-50-35-34-39-22-19-23-41(49(39)50)37-52(47-32-17-15-20-40(47)36-51(43-24-7-3-8-25-43)44-26-9-4-10-27-44)48-33-18-16-21-42(48)38-53(2,45-28-11-5-12-29-45)46-30-13-6-14-31-46/h3-35H,36-38H2,1-2H3/q+1. The van der Waals surface area contributed by atoms with Gasteiger partial charge in [-0.1, -0.05) is 164 Å². The smallest absolute Gasteiger partial charge is 0.0992 e. The number of rotatable bonds is 12. The van der Waals surface area contributed by atoms with Crippen molar-refractivity contribution in [1.29, 1.82) is 0 Å². The molecule has 1 atom stereocenters. The van der Waals surface area contributed by atoms with Crippen LogP contribution in [-0.4, -0.2) is 11.2 Å². The van der Waals surface area contributed by atoms with Gasteiger partial charge in [-0.3, -0.25) is 0 Å². The third-order valence-corrected chi connectivity index (χ3v) is 19.5. The van der Waals surface area contributed by atoms with Gasteiger partial charge in [-0.05, 0) is 89.5 Å². The highest BCUT2D eigenvalue weighted by Gasteiger charge is 2.39. The molecule has 0 spiro atoms. The number of hydrogen-bond acceptors (Lipinski definition) is 0. The molecule has 0 saturated heterocycles. The van der Waals surface area contributed by atoms with Gasteiger partial charge in [-0.2, -0.15) is 0 Å². The Morgan fingerprint density at radius 1 is 0.434 bits per heavy atom. The van der Waals surface area contributed by atoms with Gasteiger partial charge in [0.15, 0.2) is 0 Å². The molecular formula is C49H45NP3+. The van der Waals surface area contributed by atoms with E-state index in [1.807, 2.05) is 0 Å². The van der Waals surface area contributed by atoms with E-state index in [0.717, 1.165) is 18.5 Å². The van der Waals surface area contributed by atoms with Crippen LogP contribution in [0.25, 0.3) is 10.9 Å². The number of benzene rings is 7. The summed E-state index contributed by atoms with van der Waals surface area (Å²) in [5, 5.41) is 10.1. The lowest BCUT2D eigenvalue weighted by molar-refractivity contribution is 0.963. The van der Waals surface area contributed by atoms with Gasteiger partial charge in [0.25, 0.3) is 0 Å². The number of para-hydroxylation sites is 1. The Balaban J connectivity index is 1.29. The SMILES string of the molecule is Cn1ccc2cccc(CP(c3ccccc3CP(c3ccccc3)c3ccccc3)c3ccccc3C[P+](C)(c3ccccc3)c3ccccc3)c21. The number of fused-ring (bicyclic) bond motifs is 1. The van der Waals surface area contributed by atoms with Gasteiger partial charge < -0.3 is 4.57 Å². The molecule has 1 unspecified atom stereocenters. The molecule has 8 rings (SSSR count). The zero-order valence-electron chi connectivity index (χ0n) is 30.5. The number of aromatic nitrogens is 1. The van der Waals surface area contributed by atoms with Crippen molar-refractivity contribution in [2.45, 2.75) is 18.5 Å². The summed E-state index contributed by atoms with van der Waals surface area (Å²) in [6.07, 6.45) is 5.22. The highest BCUT2D eigenvalue weighted by atomic mass is 31.2. The fraction of sp³-hybridized carbons (Fsp3) is 0.102. The first-order valence-electron chi connectivity index (χ1n) is 18.4. The van der Waals surface area contributed by atoms with Crippen molar-refractivity contribution in [3.63, 3.8) is 0 Å². The maximum atomic E-state index is 2.54. The fourth-order valence-corrected chi connectivity index (χ4v) is 16.4. The van der Waals surface area contributed by atoms with Gasteiger partial charge >= 0.3 is 0 Å². The molecule has 0 radical (unpaired) electrons. The van der Waals surface area contributed by atoms with Crippen LogP contribution in [0.1, 0.15) is 16.7 Å². The molecule has 53 heavy (non-hydrogen) atoms. The van der Waals surface area contributed by atoms with E-state index in [9.17, 15) is 0 Å². The maximum absolute atomic E-state index is 2.54. The second-order valence-corrected chi connectivity index (χ2v) is 22.0. The van der Waals surface area contributed by atoms with E-state index in [-0.39, 0.29) is 0 Å². The average molecular weight is 741 g/mol. The van der Waals surface area contributed by atoms with Crippen molar-refractivity contribution in [1.82, 2.24) is 4.57 Å². The predicted octanol–water partition coefficient (Wildman–Crippen LogP) is 10.2. The third-order valence-electron chi connectivity index (χ3n) is 10.5. The van der Waals surface area contributed by atoms with Crippen LogP contribution in [0.4, 0.5) is 0 Å². The molecule has 0 aliphatic rings. The number of aryl methyl sites for hydroxylation is 1. The minimum atomic E-state index is -1.78. The zero-order valence-corrected chi connectivity index (χ0v) is 33.1. The number of nitrogens with zero attached hydrogens (tertiary/aromatic N) is 1. The highest BCUT2D eigenvalue weighted by Crippen LogP contribution is 2.56. The van der Waals surface area contributed by atoms with Crippen LogP contribution in [0.5, 0.6) is 0 Å². The maximum Gasteiger partial charge on any atom is 0.0992 e. The molecule has 1 heterocycles. The molecule has 0 N–H and O–H groups in total. The summed E-state index contributed by atoms with van der Waals surface area (Å²) in [5.41, 5.74) is 5.71. The van der Waals surface area contributed by atoms with Crippen molar-refractivity contribution >= 4 is 65.8 Å². The van der Waals surface area contributed by atoms with Gasteiger partial charge in [-0.15, -0.1) is 0 Å². The summed E-state index contributed by atoms with van der Waals surface area (Å²) < 4.78 is 2.31. The van der Waals surface area contributed by atoms with Gasteiger partial charge in [0.2, 0.25) is 0 Å². The molecule has 8 aromatic rings. The van der Waals surface area contributed by atoms with Crippen molar-refractivity contribution in [2.24, 2.45) is 7.05 Å². The van der Waals surface area contributed by atoms with Crippen LogP contribution in [0.3, 0.4) is 0 Å². The number of hydrogen-bond donors (Lipinski definition) is 0. The molecule has 0 aliphatic heterocycles. The fourth-order valence-electron chi connectivity index (χ4n) is 7.76. The van der Waals surface area contributed by atoms with Gasteiger partial charge in [0, 0.05) is 25.6 Å². The second kappa shape index (κ2) is 16.2. The van der Waals surface area contributed by atoms with Gasteiger partial charge in [0.1, 0.15) is 0 Å². The van der Waals surface area contributed by atoms with Crippen molar-refractivity contribution in [3.05, 3.63) is 217 Å². The minimum Gasteiger partial charge on any atom is -0.350 e. The van der Waals surface area contributed by atoms with Crippen LogP contribution < -0.4 is 31.8 Å². The minimum absolute atomic E-state index is 0.601. The van der Waals surface area contributed by atoms with Gasteiger partial charge in [0.05, 0.1) is 36.2 Å². The van der Waals surface area contributed by atoms with Crippen molar-refractivity contribution in [2.75, 3.05) is 6.66 Å². The van der Waals surface area contributed by atoms with E-state index < -0.39 is 23.1 Å². The summed E-state index contributed by atoms with van der Waals surface area (Å²) in [6.45, 7) is 2.54. The predicted molar refractivity (Wildman–Crippen MR) is 237 cm³/mol. The van der Waals surface area contributed by atoms with Crippen LogP contribution in [0, 0.1) is 0 Å². The zero-order chi connectivity index (χ0) is 36.0. The summed E-state index contributed by atoms with van der Waals surface area (Å²) >= 11 is 0. The van der Waals surface area contributed by atoms with Crippen LogP contribution in [0.2, 0.25) is 0 Å². The molecule has 4 heteroatoms. The molecule has 7 aromatic carbocycles. The van der Waals surface area contributed by atoms with E-state index in [0.29, 0.717) is 0 Å². The monoisotopic (exact) mass is 740 g/mol. The second-order valence-electron chi connectivity index (χ2n) is 13.9. The van der Waals surface area contributed by atoms with E-state index in [1.165, 1.54) is 59.4 Å². The molecule has 260 valence electrons. The largest absolute Gasteiger partial charge is 0.350 e. The van der Waals surface area contributed by atoms with Crippen LogP contribution in [-0.2, 0) is 25.5 Å². The van der Waals surface area contributed by atoms with E-state index >= 15 is 0 Å². The lowest BCUT2D eigenvalue weighted by Crippen LogP contribution is -2.26. The van der Waals surface area contributed by atoms with Crippen molar-refractivity contribution in [3.8, 4) is 0 Å². The van der Waals surface area contributed by atoms with E-state index in [4.69, 9.17) is 0 Å². The topological polar surface area (TPSA) is 4.93 Å². The summed E-state index contributed by atoms with van der Waals surface area (Å²) in [6, 6.07) is 72.9. The van der Waals surface area contributed by atoms with Gasteiger partial charge in [-0.25, -0.2) is 0 Å². The lowest BCUT2D eigenvalue weighted by atomic mass is 10.2. The molecule has 0 bridgehead atoms. The molecule has 1 aromatic heterocycles. The lowest BCUT2D eigenvalue weighted by Gasteiger charge is -2.29. The quantitative estimate of drug-likeness (QED) is 0.110. The Bertz CT molecular complexity index is 2330. The molecule has 0 aliphatic carbocycles. The Kier molecular flexibility index (Phi) is 10.8. The Hall–Kier alpha value is -4.63. The highest BCUT2D eigenvalue weighted by molar-refractivity contribution is 7.88. The summed E-state index contributed by atoms with van der Waals surface area (Å²) in [5.74, 6) is 0. The summed E-state index contributed by atoms with van der Waals surface area (Å²) in [7, 11) is -0.966. The van der Waals surface area contributed by atoms with Crippen LogP contribution in [0.15, 0.2) is 200 Å². The molecule has 0 saturated carbocycles. The van der Waals surface area contributed by atoms with Crippen molar-refractivity contribution < 1.29 is 0 Å². The first-order valence-corrected chi connectivity index (χ1v) is 23.9. The molecule has 0 fully saturated rings. The summed E-state index contributed by atoms with van der Waals surface area (Å²) in [4.78, 5) is 0. The molecule has 0 amide bonds. The van der Waals surface area contributed by atoms with E-state index in [2.05, 4.69) is 219 Å². The molecular weight excluding hydrogens is 695 g/mol. The Labute approximate surface area is 318 Å². The Morgan fingerprint density at radius 3 is 1.47 bits per heavy atom. The first-order chi connectivity index (χ1) is 26.1. The normalized spacial score (nSPS) is 12.3.